The number of rotatable bonds is 2. The second-order valence-electron chi connectivity index (χ2n) is 4.37. The lowest BCUT2D eigenvalue weighted by Crippen LogP contribution is -2.49. The molecule has 5 heteroatoms. The second-order valence-corrected chi connectivity index (χ2v) is 4.37. The predicted octanol–water partition coefficient (Wildman–Crippen LogP) is 0.420. The third-order valence-electron chi connectivity index (χ3n) is 3.31. The van der Waals surface area contributed by atoms with E-state index in [1.165, 1.54) is 0 Å². The molecule has 92 valence electrons. The highest BCUT2D eigenvalue weighted by molar-refractivity contribution is 5.73. The Balaban J connectivity index is 2.02. The van der Waals surface area contributed by atoms with E-state index in [1.807, 2.05) is 0 Å². The Morgan fingerprint density at radius 1 is 1.50 bits per heavy atom. The van der Waals surface area contributed by atoms with E-state index in [4.69, 9.17) is 19.9 Å². The monoisotopic (exact) mass is 229 g/mol. The van der Waals surface area contributed by atoms with Crippen LogP contribution in [-0.4, -0.2) is 37.6 Å². The molecule has 0 unspecified atom stereocenters. The molecule has 0 aromatic heterocycles. The average molecular weight is 229 g/mol. The van der Waals surface area contributed by atoms with Crippen molar-refractivity contribution in [2.75, 3.05) is 19.8 Å². The highest BCUT2D eigenvalue weighted by atomic mass is 16.7. The summed E-state index contributed by atoms with van der Waals surface area (Å²) in [5, 5.41) is 0. The van der Waals surface area contributed by atoms with Gasteiger partial charge in [-0.25, -0.2) is 0 Å². The maximum Gasteiger partial charge on any atom is 0.310 e. The van der Waals surface area contributed by atoms with Gasteiger partial charge in [0.05, 0.1) is 25.7 Å². The van der Waals surface area contributed by atoms with Crippen LogP contribution in [0.5, 0.6) is 0 Å². The number of carbonyl (C=O) groups is 1. The van der Waals surface area contributed by atoms with Gasteiger partial charge < -0.3 is 19.9 Å². The van der Waals surface area contributed by atoms with Gasteiger partial charge in [0.15, 0.2) is 5.79 Å². The van der Waals surface area contributed by atoms with Crippen molar-refractivity contribution in [2.24, 2.45) is 11.7 Å². The zero-order chi connectivity index (χ0) is 11.6. The van der Waals surface area contributed by atoms with Gasteiger partial charge >= 0.3 is 5.97 Å². The second kappa shape index (κ2) is 4.69. The Bertz CT molecular complexity index is 263. The fraction of sp³-hybridized carbons (Fsp3) is 0.909. The molecule has 2 N–H and O–H groups in total. The highest BCUT2D eigenvalue weighted by Gasteiger charge is 2.47. The first-order valence-electron chi connectivity index (χ1n) is 5.87. The molecule has 0 amide bonds. The highest BCUT2D eigenvalue weighted by Crippen LogP contribution is 2.38. The largest absolute Gasteiger partial charge is 0.466 e. The molecule has 1 aliphatic heterocycles. The number of hydrogen-bond donors (Lipinski definition) is 1. The number of esters is 1. The van der Waals surface area contributed by atoms with Crippen molar-refractivity contribution < 1.29 is 19.0 Å². The van der Waals surface area contributed by atoms with Gasteiger partial charge in [-0.2, -0.15) is 0 Å². The van der Waals surface area contributed by atoms with Crippen molar-refractivity contribution in [1.29, 1.82) is 0 Å². The summed E-state index contributed by atoms with van der Waals surface area (Å²) in [5.41, 5.74) is 5.95. The maximum atomic E-state index is 11.7. The summed E-state index contributed by atoms with van der Waals surface area (Å²) in [5.74, 6) is -1.10. The van der Waals surface area contributed by atoms with Gasteiger partial charge in [0.2, 0.25) is 0 Å². The Kier molecular flexibility index (Phi) is 3.47. The van der Waals surface area contributed by atoms with Gasteiger partial charge in [-0.1, -0.05) is 0 Å². The topological polar surface area (TPSA) is 70.8 Å². The minimum Gasteiger partial charge on any atom is -0.466 e. The van der Waals surface area contributed by atoms with E-state index in [9.17, 15) is 4.79 Å². The third kappa shape index (κ3) is 2.21. The van der Waals surface area contributed by atoms with Crippen molar-refractivity contribution in [2.45, 2.75) is 38.0 Å². The van der Waals surface area contributed by atoms with Crippen LogP contribution in [0.15, 0.2) is 0 Å². The van der Waals surface area contributed by atoms with Crippen LogP contribution in [0, 0.1) is 5.92 Å². The molecule has 0 radical (unpaired) electrons. The van der Waals surface area contributed by atoms with Gasteiger partial charge in [-0.05, 0) is 13.3 Å². The summed E-state index contributed by atoms with van der Waals surface area (Å²) in [4.78, 5) is 11.7. The molecule has 2 fully saturated rings. The molecule has 2 aliphatic rings. The molecule has 1 saturated carbocycles. The summed E-state index contributed by atoms with van der Waals surface area (Å²) in [6.07, 6.45) is 2.03. The molecule has 2 atom stereocenters. The molecule has 0 aromatic rings. The van der Waals surface area contributed by atoms with Gasteiger partial charge in [0, 0.05) is 18.9 Å². The van der Waals surface area contributed by atoms with Crippen molar-refractivity contribution in [3.05, 3.63) is 0 Å². The molecule has 0 bridgehead atoms. The number of carbonyl (C=O) groups excluding carboxylic acids is 1. The van der Waals surface area contributed by atoms with Crippen LogP contribution in [-0.2, 0) is 19.0 Å². The van der Waals surface area contributed by atoms with Gasteiger partial charge in [-0.3, -0.25) is 4.79 Å². The van der Waals surface area contributed by atoms with E-state index in [0.717, 1.165) is 12.8 Å². The summed E-state index contributed by atoms with van der Waals surface area (Å²) in [6, 6.07) is -0.141. The Labute approximate surface area is 95.2 Å². The molecule has 1 saturated heterocycles. The zero-order valence-electron chi connectivity index (χ0n) is 9.61. The van der Waals surface area contributed by atoms with E-state index >= 15 is 0 Å². The van der Waals surface area contributed by atoms with E-state index in [1.54, 1.807) is 6.92 Å². The first-order valence-corrected chi connectivity index (χ1v) is 5.87. The van der Waals surface area contributed by atoms with E-state index in [0.29, 0.717) is 26.2 Å². The zero-order valence-corrected chi connectivity index (χ0v) is 9.61. The van der Waals surface area contributed by atoms with Gasteiger partial charge in [0.1, 0.15) is 0 Å². The third-order valence-corrected chi connectivity index (χ3v) is 3.31. The van der Waals surface area contributed by atoms with Crippen LogP contribution in [0.3, 0.4) is 0 Å². The molecule has 0 aromatic carbocycles. The van der Waals surface area contributed by atoms with Gasteiger partial charge in [-0.15, -0.1) is 0 Å². The van der Waals surface area contributed by atoms with Crippen LogP contribution in [0.2, 0.25) is 0 Å². The lowest BCUT2D eigenvalue weighted by Gasteiger charge is -2.38. The molecule has 1 spiro atoms. The molecule has 1 heterocycles. The number of nitrogens with two attached hydrogens (primary N) is 1. The molecular weight excluding hydrogens is 210 g/mol. The number of hydrogen-bond acceptors (Lipinski definition) is 5. The van der Waals surface area contributed by atoms with E-state index in [2.05, 4.69) is 0 Å². The summed E-state index contributed by atoms with van der Waals surface area (Å²) >= 11 is 0. The van der Waals surface area contributed by atoms with Crippen molar-refractivity contribution in [3.63, 3.8) is 0 Å². The van der Waals surface area contributed by atoms with Gasteiger partial charge in [0.25, 0.3) is 0 Å². The predicted molar refractivity (Wildman–Crippen MR) is 56.6 cm³/mol. The number of ether oxygens (including phenoxy) is 3. The molecule has 1 aliphatic carbocycles. The van der Waals surface area contributed by atoms with Crippen LogP contribution in [0.4, 0.5) is 0 Å². The molecule has 2 rings (SSSR count). The summed E-state index contributed by atoms with van der Waals surface area (Å²) < 4.78 is 16.2. The van der Waals surface area contributed by atoms with Crippen molar-refractivity contribution >= 4 is 5.97 Å². The van der Waals surface area contributed by atoms with E-state index in [-0.39, 0.29) is 17.9 Å². The fourth-order valence-electron chi connectivity index (χ4n) is 2.44. The smallest absolute Gasteiger partial charge is 0.310 e. The summed E-state index contributed by atoms with van der Waals surface area (Å²) in [7, 11) is 0. The van der Waals surface area contributed by atoms with Crippen molar-refractivity contribution in [3.8, 4) is 0 Å². The Morgan fingerprint density at radius 2 is 2.19 bits per heavy atom. The molecular formula is C11H19NO4. The lowest BCUT2D eigenvalue weighted by atomic mass is 9.81. The van der Waals surface area contributed by atoms with Crippen LogP contribution in [0.25, 0.3) is 0 Å². The van der Waals surface area contributed by atoms with Crippen LogP contribution < -0.4 is 5.73 Å². The standard InChI is InChI=1S/C11H19NO4/c1-2-14-10(13)8-7-11(4-3-9(8)12)15-5-6-16-11/h8-9H,2-7,12H2,1H3/t8-,9-/m0/s1. The molecule has 5 nitrogen and oxygen atoms in total. The van der Waals surface area contributed by atoms with Crippen LogP contribution >= 0.6 is 0 Å². The normalized spacial score (nSPS) is 32.9. The minimum absolute atomic E-state index is 0.141. The fourth-order valence-corrected chi connectivity index (χ4v) is 2.44. The average Bonchev–Trinajstić information content (AvgIpc) is 2.71. The molecule has 16 heavy (non-hydrogen) atoms. The minimum atomic E-state index is -0.576. The Hall–Kier alpha value is -0.650. The Morgan fingerprint density at radius 3 is 2.81 bits per heavy atom. The lowest BCUT2D eigenvalue weighted by molar-refractivity contribution is -0.197. The first-order chi connectivity index (χ1) is 7.67. The first kappa shape index (κ1) is 11.8. The van der Waals surface area contributed by atoms with Crippen LogP contribution in [0.1, 0.15) is 26.2 Å². The van der Waals surface area contributed by atoms with E-state index < -0.39 is 5.79 Å². The quantitative estimate of drug-likeness (QED) is 0.695. The summed E-state index contributed by atoms with van der Waals surface area (Å²) in [6.45, 7) is 3.39. The van der Waals surface area contributed by atoms with Crippen molar-refractivity contribution in [1.82, 2.24) is 0 Å². The maximum absolute atomic E-state index is 11.7. The SMILES string of the molecule is CCOC(=O)[C@H]1CC2(CC[C@@H]1N)OCCO2.